The molecule has 178 valence electrons. The Morgan fingerprint density at radius 2 is 1.88 bits per heavy atom. The molecule has 1 aromatic heterocycles. The second-order valence-electron chi connectivity index (χ2n) is 7.69. The maximum atomic E-state index is 13.6. The van der Waals surface area contributed by atoms with Crippen LogP contribution in [0.4, 0.5) is 29.3 Å². The van der Waals surface area contributed by atoms with Gasteiger partial charge in [-0.05, 0) is 23.8 Å². The zero-order valence-electron chi connectivity index (χ0n) is 17.8. The first-order chi connectivity index (χ1) is 16.2. The van der Waals surface area contributed by atoms with Crippen LogP contribution in [-0.2, 0) is 12.7 Å². The molecule has 0 spiro atoms. The number of piperazine rings is 1. The molecule has 4 rings (SSSR count). The summed E-state index contributed by atoms with van der Waals surface area (Å²) in [5.41, 5.74) is -0.392. The van der Waals surface area contributed by atoms with E-state index in [1.807, 2.05) is 4.90 Å². The molecule has 10 nitrogen and oxygen atoms in total. The topological polar surface area (TPSA) is 109 Å². The third-order valence-corrected chi connectivity index (χ3v) is 5.42. The van der Waals surface area contributed by atoms with Gasteiger partial charge < -0.3 is 10.2 Å². The quantitative estimate of drug-likeness (QED) is 0.447. The van der Waals surface area contributed by atoms with E-state index in [0.29, 0.717) is 32.7 Å². The summed E-state index contributed by atoms with van der Waals surface area (Å²) in [7, 11) is 0. The van der Waals surface area contributed by atoms with E-state index in [0.717, 1.165) is 11.6 Å². The average molecular weight is 475 g/mol. The molecule has 2 heterocycles. The fourth-order valence-corrected chi connectivity index (χ4v) is 3.69. The van der Waals surface area contributed by atoms with Crippen LogP contribution in [-0.4, -0.2) is 61.7 Å². The molecule has 2 aromatic carbocycles. The molecule has 0 saturated carbocycles. The second kappa shape index (κ2) is 9.47. The van der Waals surface area contributed by atoms with Crippen LogP contribution in [0.15, 0.2) is 55.1 Å². The number of hydrogen-bond acceptors (Lipinski definition) is 6. The molecule has 1 aliphatic rings. The molecular weight excluding hydrogens is 455 g/mol. The Balaban J connectivity index is 1.39. The van der Waals surface area contributed by atoms with E-state index < -0.39 is 22.7 Å². The van der Waals surface area contributed by atoms with Crippen molar-refractivity contribution in [1.82, 2.24) is 24.6 Å². The van der Waals surface area contributed by atoms with Crippen LogP contribution in [0.5, 0.6) is 0 Å². The molecule has 1 N–H and O–H groups in total. The van der Waals surface area contributed by atoms with Crippen LogP contribution >= 0.6 is 0 Å². The second-order valence-corrected chi connectivity index (χ2v) is 7.69. The van der Waals surface area contributed by atoms with Crippen molar-refractivity contribution < 1.29 is 22.9 Å². The molecule has 34 heavy (non-hydrogen) atoms. The number of halogens is 3. The van der Waals surface area contributed by atoms with E-state index in [1.54, 1.807) is 12.1 Å². The number of rotatable bonds is 5. The van der Waals surface area contributed by atoms with Crippen molar-refractivity contribution in [3.63, 3.8) is 0 Å². The highest BCUT2D eigenvalue weighted by Crippen LogP contribution is 2.36. The number of benzene rings is 2. The lowest BCUT2D eigenvalue weighted by Crippen LogP contribution is -2.49. The number of non-ortho nitro benzene ring substituents is 1. The van der Waals surface area contributed by atoms with Crippen molar-refractivity contribution in [2.24, 2.45) is 0 Å². The third kappa shape index (κ3) is 5.31. The molecule has 2 amide bonds. The fraction of sp³-hybridized carbons (Fsp3) is 0.286. The Labute approximate surface area is 191 Å². The van der Waals surface area contributed by atoms with Gasteiger partial charge in [-0.3, -0.25) is 15.0 Å². The smallest absolute Gasteiger partial charge is 0.322 e. The SMILES string of the molecule is O=C(Nc1ccc(-n2cncn2)cc1C(F)(F)F)N1CCN(Cc2cccc([N+](=O)[O-])c2)CC1. The Morgan fingerprint density at radius 1 is 1.12 bits per heavy atom. The molecule has 1 aliphatic heterocycles. The van der Waals surface area contributed by atoms with Gasteiger partial charge in [0.25, 0.3) is 5.69 Å². The lowest BCUT2D eigenvalue weighted by molar-refractivity contribution is -0.384. The van der Waals surface area contributed by atoms with Crippen molar-refractivity contribution in [3.8, 4) is 5.69 Å². The molecule has 0 radical (unpaired) electrons. The minimum Gasteiger partial charge on any atom is -0.322 e. The van der Waals surface area contributed by atoms with Crippen molar-refractivity contribution in [3.05, 3.63) is 76.4 Å². The van der Waals surface area contributed by atoms with Gasteiger partial charge in [-0.25, -0.2) is 14.5 Å². The minimum absolute atomic E-state index is 0.00539. The number of alkyl halides is 3. The third-order valence-electron chi connectivity index (χ3n) is 5.42. The summed E-state index contributed by atoms with van der Waals surface area (Å²) in [6.45, 7) is 2.04. The van der Waals surface area contributed by atoms with E-state index in [4.69, 9.17) is 0 Å². The zero-order chi connectivity index (χ0) is 24.3. The molecule has 0 unspecified atom stereocenters. The van der Waals surface area contributed by atoms with Crippen molar-refractivity contribution in [2.75, 3.05) is 31.5 Å². The van der Waals surface area contributed by atoms with Crippen LogP contribution in [0, 0.1) is 10.1 Å². The van der Waals surface area contributed by atoms with Crippen molar-refractivity contribution in [1.29, 1.82) is 0 Å². The lowest BCUT2D eigenvalue weighted by Gasteiger charge is -2.34. The van der Waals surface area contributed by atoms with Gasteiger partial charge in [0, 0.05) is 44.9 Å². The number of nitro benzene ring substituents is 1. The highest BCUT2D eigenvalue weighted by atomic mass is 19.4. The van der Waals surface area contributed by atoms with Crippen molar-refractivity contribution >= 4 is 17.4 Å². The number of carbonyl (C=O) groups excluding carboxylic acids is 1. The van der Waals surface area contributed by atoms with Crippen molar-refractivity contribution in [2.45, 2.75) is 12.7 Å². The maximum absolute atomic E-state index is 13.6. The molecular formula is C21H20F3N7O3. The molecule has 0 atom stereocenters. The van der Waals surface area contributed by atoms with E-state index in [-0.39, 0.29) is 17.1 Å². The minimum atomic E-state index is -4.68. The number of urea groups is 1. The normalized spacial score (nSPS) is 14.7. The predicted octanol–water partition coefficient (Wildman–Crippen LogP) is 3.54. The van der Waals surface area contributed by atoms with Gasteiger partial charge in [0.2, 0.25) is 0 Å². The lowest BCUT2D eigenvalue weighted by atomic mass is 10.1. The largest absolute Gasteiger partial charge is 0.418 e. The number of nitrogens with one attached hydrogen (secondary N) is 1. The van der Waals surface area contributed by atoms with E-state index in [9.17, 15) is 28.1 Å². The van der Waals surface area contributed by atoms with Crippen LogP contribution in [0.2, 0.25) is 0 Å². The summed E-state index contributed by atoms with van der Waals surface area (Å²) < 4.78 is 42.1. The van der Waals surface area contributed by atoms with E-state index in [2.05, 4.69) is 15.4 Å². The van der Waals surface area contributed by atoms with Gasteiger partial charge in [0.15, 0.2) is 0 Å². The summed E-state index contributed by atoms with van der Waals surface area (Å²) in [6, 6.07) is 9.19. The summed E-state index contributed by atoms with van der Waals surface area (Å²) in [4.78, 5) is 30.3. The Morgan fingerprint density at radius 3 is 2.53 bits per heavy atom. The Kier molecular flexibility index (Phi) is 6.45. The van der Waals surface area contributed by atoms with Gasteiger partial charge >= 0.3 is 12.2 Å². The molecule has 1 fully saturated rings. The number of amides is 2. The Hall–Kier alpha value is -4.00. The predicted molar refractivity (Wildman–Crippen MR) is 115 cm³/mol. The first-order valence-corrected chi connectivity index (χ1v) is 10.3. The van der Waals surface area contributed by atoms with Gasteiger partial charge in [0.1, 0.15) is 12.7 Å². The maximum Gasteiger partial charge on any atom is 0.418 e. The number of carbonyl (C=O) groups is 1. The van der Waals surface area contributed by atoms with E-state index in [1.165, 1.54) is 46.5 Å². The van der Waals surface area contributed by atoms with Crippen LogP contribution < -0.4 is 5.32 Å². The summed E-state index contributed by atoms with van der Waals surface area (Å²) in [6.07, 6.45) is -2.20. The monoisotopic (exact) mass is 475 g/mol. The first-order valence-electron chi connectivity index (χ1n) is 10.3. The number of anilines is 1. The molecule has 0 bridgehead atoms. The fourth-order valence-electron chi connectivity index (χ4n) is 3.69. The number of hydrogen-bond donors (Lipinski definition) is 1. The average Bonchev–Trinajstić information content (AvgIpc) is 3.34. The molecule has 0 aliphatic carbocycles. The van der Waals surface area contributed by atoms with Gasteiger partial charge in [-0.2, -0.15) is 18.3 Å². The summed E-state index contributed by atoms with van der Waals surface area (Å²) in [5.74, 6) is 0. The van der Waals surface area contributed by atoms with E-state index >= 15 is 0 Å². The highest BCUT2D eigenvalue weighted by molar-refractivity contribution is 5.90. The standard InChI is InChI=1S/C21H20F3N7O3/c22-21(23,24)18-11-16(30-14-25-13-26-30)4-5-19(18)27-20(32)29-8-6-28(7-9-29)12-15-2-1-3-17(10-15)31(33)34/h1-5,10-11,13-14H,6-9,12H2,(H,27,32). The molecule has 1 saturated heterocycles. The van der Waals surface area contributed by atoms with Gasteiger partial charge in [-0.1, -0.05) is 12.1 Å². The Bertz CT molecular complexity index is 1180. The summed E-state index contributed by atoms with van der Waals surface area (Å²) >= 11 is 0. The van der Waals surface area contributed by atoms with Crippen LogP contribution in [0.3, 0.4) is 0 Å². The number of nitro groups is 1. The molecule has 3 aromatic rings. The summed E-state index contributed by atoms with van der Waals surface area (Å²) in [5, 5.41) is 17.1. The first kappa shape index (κ1) is 23.2. The zero-order valence-corrected chi connectivity index (χ0v) is 17.8. The van der Waals surface area contributed by atoms with Gasteiger partial charge in [0.05, 0.1) is 21.9 Å². The molecule has 13 heteroatoms. The van der Waals surface area contributed by atoms with Crippen LogP contribution in [0.25, 0.3) is 5.69 Å². The van der Waals surface area contributed by atoms with Gasteiger partial charge in [-0.15, -0.1) is 0 Å². The van der Waals surface area contributed by atoms with Crippen LogP contribution in [0.1, 0.15) is 11.1 Å². The number of aromatic nitrogens is 3. The number of nitrogens with zero attached hydrogens (tertiary/aromatic N) is 6. The highest BCUT2D eigenvalue weighted by Gasteiger charge is 2.35.